The third-order valence-corrected chi connectivity index (χ3v) is 5.50. The number of amides is 2. The van der Waals surface area contributed by atoms with Crippen molar-refractivity contribution in [1.82, 2.24) is 15.0 Å². The van der Waals surface area contributed by atoms with E-state index in [1.54, 1.807) is 28.9 Å². The lowest BCUT2D eigenvalue weighted by Gasteiger charge is -2.34. The van der Waals surface area contributed by atoms with E-state index in [-0.39, 0.29) is 36.4 Å². The van der Waals surface area contributed by atoms with Gasteiger partial charge in [-0.3, -0.25) is 9.59 Å². The van der Waals surface area contributed by atoms with Crippen molar-refractivity contribution in [1.29, 1.82) is 0 Å². The van der Waals surface area contributed by atoms with Gasteiger partial charge in [-0.05, 0) is 50.2 Å². The molecule has 2 aromatic heterocycles. The maximum Gasteiger partial charge on any atom is 0.289 e. The van der Waals surface area contributed by atoms with Crippen LogP contribution in [0.15, 0.2) is 45.3 Å². The van der Waals surface area contributed by atoms with E-state index in [2.05, 4.69) is 5.16 Å². The van der Waals surface area contributed by atoms with Gasteiger partial charge < -0.3 is 23.5 Å². The number of rotatable bonds is 6. The Balaban J connectivity index is 1.28. The highest BCUT2D eigenvalue weighted by Gasteiger charge is 2.27. The number of ether oxygens (including phenoxy) is 1. The van der Waals surface area contributed by atoms with Crippen LogP contribution in [0.25, 0.3) is 0 Å². The SMILES string of the molecule is Cc1noc(C)c1CC(=O)N1CCN(C(=O)c2ccc(COc3ccc(F)cc3)o2)CC1. The second-order valence-corrected chi connectivity index (χ2v) is 7.66. The number of halogens is 1. The Morgan fingerprint density at radius 2 is 1.72 bits per heavy atom. The quantitative estimate of drug-likeness (QED) is 0.584. The number of nitrogens with zero attached hydrogens (tertiary/aromatic N) is 3. The molecule has 1 saturated heterocycles. The first-order valence-corrected chi connectivity index (χ1v) is 10.4. The first kappa shape index (κ1) is 21.6. The van der Waals surface area contributed by atoms with Crippen LogP contribution in [0.3, 0.4) is 0 Å². The molecule has 168 valence electrons. The zero-order chi connectivity index (χ0) is 22.7. The summed E-state index contributed by atoms with van der Waals surface area (Å²) in [6.45, 7) is 5.50. The van der Waals surface area contributed by atoms with Gasteiger partial charge in [-0.15, -0.1) is 0 Å². The van der Waals surface area contributed by atoms with Crippen LogP contribution in [0, 0.1) is 19.7 Å². The van der Waals surface area contributed by atoms with E-state index >= 15 is 0 Å². The molecule has 0 saturated carbocycles. The van der Waals surface area contributed by atoms with Gasteiger partial charge in [-0.25, -0.2) is 4.39 Å². The molecule has 9 heteroatoms. The standard InChI is InChI=1S/C23H24FN3O5/c1-15-20(16(2)32-25-15)13-22(28)26-9-11-27(12-10-26)23(29)21-8-7-19(31-21)14-30-18-5-3-17(24)4-6-18/h3-8H,9-14H2,1-2H3. The van der Waals surface area contributed by atoms with E-state index in [4.69, 9.17) is 13.7 Å². The van der Waals surface area contributed by atoms with E-state index in [1.165, 1.54) is 24.3 Å². The highest BCUT2D eigenvalue weighted by molar-refractivity contribution is 5.91. The predicted octanol–water partition coefficient (Wildman–Crippen LogP) is 3.13. The van der Waals surface area contributed by atoms with E-state index < -0.39 is 0 Å². The number of carbonyl (C=O) groups is 2. The third-order valence-electron chi connectivity index (χ3n) is 5.50. The predicted molar refractivity (Wildman–Crippen MR) is 112 cm³/mol. The topological polar surface area (TPSA) is 89.0 Å². The smallest absolute Gasteiger partial charge is 0.289 e. The molecular formula is C23H24FN3O5. The number of hydrogen-bond acceptors (Lipinski definition) is 6. The van der Waals surface area contributed by atoms with E-state index in [0.717, 1.165) is 11.3 Å². The molecule has 0 radical (unpaired) electrons. The summed E-state index contributed by atoms with van der Waals surface area (Å²) in [4.78, 5) is 28.8. The molecule has 8 nitrogen and oxygen atoms in total. The van der Waals surface area contributed by atoms with Gasteiger partial charge in [0, 0.05) is 31.7 Å². The van der Waals surface area contributed by atoms with Gasteiger partial charge in [0.1, 0.15) is 29.7 Å². The van der Waals surface area contributed by atoms with Crippen LogP contribution >= 0.6 is 0 Å². The molecule has 0 spiro atoms. The van der Waals surface area contributed by atoms with Crippen LogP contribution in [-0.2, 0) is 17.8 Å². The lowest BCUT2D eigenvalue weighted by Crippen LogP contribution is -2.51. The Hall–Kier alpha value is -3.62. The molecule has 0 bridgehead atoms. The summed E-state index contributed by atoms with van der Waals surface area (Å²) >= 11 is 0. The lowest BCUT2D eigenvalue weighted by molar-refractivity contribution is -0.132. The Morgan fingerprint density at radius 3 is 2.38 bits per heavy atom. The fourth-order valence-electron chi connectivity index (χ4n) is 3.59. The molecule has 4 rings (SSSR count). The molecule has 0 atom stereocenters. The number of benzene rings is 1. The van der Waals surface area contributed by atoms with Crippen LogP contribution in [0.4, 0.5) is 4.39 Å². The second-order valence-electron chi connectivity index (χ2n) is 7.66. The summed E-state index contributed by atoms with van der Waals surface area (Å²) in [5.41, 5.74) is 1.54. The van der Waals surface area contributed by atoms with Crippen molar-refractivity contribution >= 4 is 11.8 Å². The minimum Gasteiger partial charge on any atom is -0.486 e. The molecule has 2 amide bonds. The monoisotopic (exact) mass is 441 g/mol. The third kappa shape index (κ3) is 4.82. The molecule has 3 aromatic rings. The van der Waals surface area contributed by atoms with Crippen molar-refractivity contribution in [3.05, 3.63) is 70.8 Å². The summed E-state index contributed by atoms with van der Waals surface area (Å²) in [6, 6.07) is 8.96. The maximum absolute atomic E-state index is 13.0. The van der Waals surface area contributed by atoms with Crippen LogP contribution in [-0.4, -0.2) is 52.9 Å². The number of hydrogen-bond donors (Lipinski definition) is 0. The van der Waals surface area contributed by atoms with E-state index in [0.29, 0.717) is 43.4 Å². The zero-order valence-electron chi connectivity index (χ0n) is 18.0. The van der Waals surface area contributed by atoms with Gasteiger partial charge in [0.15, 0.2) is 5.76 Å². The Bertz CT molecular complexity index is 1080. The minimum atomic E-state index is -0.339. The Labute approximate surface area is 184 Å². The van der Waals surface area contributed by atoms with E-state index in [9.17, 15) is 14.0 Å². The first-order valence-electron chi connectivity index (χ1n) is 10.4. The molecule has 1 aliphatic heterocycles. The molecule has 1 aliphatic rings. The van der Waals surface area contributed by atoms with Crippen LogP contribution in [0.2, 0.25) is 0 Å². The fourth-order valence-corrected chi connectivity index (χ4v) is 3.59. The van der Waals surface area contributed by atoms with Crippen molar-refractivity contribution in [2.24, 2.45) is 0 Å². The number of carbonyl (C=O) groups excluding carboxylic acids is 2. The van der Waals surface area contributed by atoms with Crippen LogP contribution in [0.5, 0.6) is 5.75 Å². The van der Waals surface area contributed by atoms with Crippen molar-refractivity contribution < 1.29 is 27.7 Å². The molecule has 1 fully saturated rings. The molecule has 0 unspecified atom stereocenters. The van der Waals surface area contributed by atoms with Gasteiger partial charge in [0.05, 0.1) is 12.1 Å². The number of furan rings is 1. The summed E-state index contributed by atoms with van der Waals surface area (Å²) in [5.74, 6) is 1.30. The van der Waals surface area contributed by atoms with Crippen molar-refractivity contribution in [2.45, 2.75) is 26.9 Å². The van der Waals surface area contributed by atoms with Gasteiger partial charge in [0.25, 0.3) is 5.91 Å². The first-order chi connectivity index (χ1) is 15.4. The van der Waals surface area contributed by atoms with Crippen LogP contribution in [0.1, 0.15) is 33.3 Å². The van der Waals surface area contributed by atoms with Gasteiger partial charge >= 0.3 is 0 Å². The summed E-state index contributed by atoms with van der Waals surface area (Å²) in [5, 5.41) is 3.89. The number of aromatic nitrogens is 1. The molecule has 1 aromatic carbocycles. The Morgan fingerprint density at radius 1 is 1.03 bits per heavy atom. The summed E-state index contributed by atoms with van der Waals surface area (Å²) < 4.78 is 29.3. The van der Waals surface area contributed by atoms with E-state index in [1.807, 2.05) is 6.92 Å². The molecule has 0 N–H and O–H groups in total. The largest absolute Gasteiger partial charge is 0.486 e. The number of piperazine rings is 1. The minimum absolute atomic E-state index is 0.00951. The maximum atomic E-state index is 13.0. The van der Waals surface area contributed by atoms with Crippen LogP contribution < -0.4 is 4.74 Å². The Kier molecular flexibility index (Phi) is 6.25. The number of aryl methyl sites for hydroxylation is 2. The summed E-state index contributed by atoms with van der Waals surface area (Å²) in [6.07, 6.45) is 0.241. The van der Waals surface area contributed by atoms with Crippen molar-refractivity contribution in [3.63, 3.8) is 0 Å². The normalized spacial score (nSPS) is 14.0. The van der Waals surface area contributed by atoms with Gasteiger partial charge in [0.2, 0.25) is 5.91 Å². The average molecular weight is 441 g/mol. The molecule has 3 heterocycles. The second kappa shape index (κ2) is 9.25. The van der Waals surface area contributed by atoms with Crippen molar-refractivity contribution in [3.8, 4) is 5.75 Å². The zero-order valence-corrected chi connectivity index (χ0v) is 18.0. The molecule has 32 heavy (non-hydrogen) atoms. The highest BCUT2D eigenvalue weighted by Crippen LogP contribution is 2.18. The lowest BCUT2D eigenvalue weighted by atomic mass is 10.1. The van der Waals surface area contributed by atoms with Crippen molar-refractivity contribution in [2.75, 3.05) is 26.2 Å². The average Bonchev–Trinajstić information content (AvgIpc) is 3.40. The van der Waals surface area contributed by atoms with Gasteiger partial charge in [-0.2, -0.15) is 0 Å². The molecular weight excluding hydrogens is 417 g/mol. The molecule has 0 aliphatic carbocycles. The highest BCUT2D eigenvalue weighted by atomic mass is 19.1. The summed E-state index contributed by atoms with van der Waals surface area (Å²) in [7, 11) is 0. The van der Waals surface area contributed by atoms with Gasteiger partial charge in [-0.1, -0.05) is 5.16 Å². The fraction of sp³-hybridized carbons (Fsp3) is 0.348.